The Morgan fingerprint density at radius 2 is 1.67 bits per heavy atom. The molecule has 30 heavy (non-hydrogen) atoms. The largest absolute Gasteiger partial charge is 0.479 e. The maximum absolute atomic E-state index is 12.7. The van der Waals surface area contributed by atoms with Gasteiger partial charge in [0.15, 0.2) is 11.9 Å². The Bertz CT molecular complexity index is 1110. The van der Waals surface area contributed by atoms with Gasteiger partial charge in [-0.25, -0.2) is 4.79 Å². The van der Waals surface area contributed by atoms with Gasteiger partial charge in [0.25, 0.3) is 0 Å². The Hall–Kier alpha value is -3.86. The number of carbonyl (C=O) groups is 2. The molecular formula is C25H20O5. The summed E-state index contributed by atoms with van der Waals surface area (Å²) in [5.41, 5.74) is 3.55. The van der Waals surface area contributed by atoms with Crippen molar-refractivity contribution in [3.05, 3.63) is 89.7 Å². The average Bonchev–Trinajstić information content (AvgIpc) is 3.08. The summed E-state index contributed by atoms with van der Waals surface area (Å²) in [5.74, 6) is 0.405. The molecule has 1 aliphatic rings. The molecule has 0 fully saturated rings. The van der Waals surface area contributed by atoms with Gasteiger partial charge in [-0.15, -0.1) is 0 Å². The number of benzene rings is 3. The summed E-state index contributed by atoms with van der Waals surface area (Å²) in [6.07, 6.45) is 0.956. The van der Waals surface area contributed by atoms with Gasteiger partial charge in [-0.2, -0.15) is 0 Å². The number of hydrogen-bond donors (Lipinski definition) is 0. The van der Waals surface area contributed by atoms with Crippen LogP contribution >= 0.6 is 0 Å². The molecule has 0 saturated carbocycles. The van der Waals surface area contributed by atoms with E-state index in [-0.39, 0.29) is 11.5 Å². The number of rotatable bonds is 5. The van der Waals surface area contributed by atoms with Crippen molar-refractivity contribution in [3.8, 4) is 22.6 Å². The Balaban J connectivity index is 1.52. The molecule has 0 N–H and O–H groups in total. The predicted molar refractivity (Wildman–Crippen MR) is 113 cm³/mol. The maximum atomic E-state index is 12.7. The highest BCUT2D eigenvalue weighted by Crippen LogP contribution is 2.35. The van der Waals surface area contributed by atoms with Crippen molar-refractivity contribution < 1.29 is 23.8 Å². The third kappa shape index (κ3) is 3.96. The highest BCUT2D eigenvalue weighted by molar-refractivity contribution is 6.14. The van der Waals surface area contributed by atoms with Crippen molar-refractivity contribution in [3.63, 3.8) is 0 Å². The van der Waals surface area contributed by atoms with Crippen LogP contribution in [0, 0.1) is 0 Å². The van der Waals surface area contributed by atoms with Gasteiger partial charge in [-0.1, -0.05) is 54.6 Å². The normalized spacial score (nSPS) is 14.7. The fourth-order valence-corrected chi connectivity index (χ4v) is 3.21. The average molecular weight is 400 g/mol. The molecule has 5 heteroatoms. The molecule has 0 bridgehead atoms. The number of ether oxygens (including phenoxy) is 3. The molecule has 4 rings (SSSR count). The zero-order valence-electron chi connectivity index (χ0n) is 16.6. The lowest BCUT2D eigenvalue weighted by Crippen LogP contribution is -2.24. The van der Waals surface area contributed by atoms with Crippen molar-refractivity contribution in [2.75, 3.05) is 7.11 Å². The van der Waals surface area contributed by atoms with Crippen LogP contribution in [0.1, 0.15) is 22.8 Å². The molecule has 0 radical (unpaired) electrons. The van der Waals surface area contributed by atoms with Crippen LogP contribution in [0.2, 0.25) is 0 Å². The Morgan fingerprint density at radius 3 is 2.37 bits per heavy atom. The van der Waals surface area contributed by atoms with Gasteiger partial charge >= 0.3 is 5.97 Å². The molecule has 0 aliphatic carbocycles. The van der Waals surface area contributed by atoms with E-state index in [4.69, 9.17) is 9.47 Å². The van der Waals surface area contributed by atoms with E-state index < -0.39 is 12.1 Å². The molecule has 3 aromatic rings. The van der Waals surface area contributed by atoms with Gasteiger partial charge in [0.2, 0.25) is 5.78 Å². The molecule has 0 amide bonds. The summed E-state index contributed by atoms with van der Waals surface area (Å²) in [6.45, 7) is 1.59. The maximum Gasteiger partial charge on any atom is 0.346 e. The lowest BCUT2D eigenvalue weighted by molar-refractivity contribution is -0.147. The molecule has 1 heterocycles. The molecule has 150 valence electrons. The van der Waals surface area contributed by atoms with Crippen molar-refractivity contribution >= 4 is 17.8 Å². The molecule has 0 saturated heterocycles. The predicted octanol–water partition coefficient (Wildman–Crippen LogP) is 4.91. The van der Waals surface area contributed by atoms with Crippen molar-refractivity contribution in [2.45, 2.75) is 13.0 Å². The Labute approximate surface area is 174 Å². The number of esters is 1. The molecule has 0 aromatic heterocycles. The van der Waals surface area contributed by atoms with E-state index in [0.717, 1.165) is 16.7 Å². The Morgan fingerprint density at radius 1 is 0.967 bits per heavy atom. The Kier molecular flexibility index (Phi) is 5.35. The minimum atomic E-state index is -0.761. The van der Waals surface area contributed by atoms with Crippen LogP contribution in [0.3, 0.4) is 0 Å². The minimum absolute atomic E-state index is 0.190. The van der Waals surface area contributed by atoms with E-state index in [1.165, 1.54) is 7.11 Å². The van der Waals surface area contributed by atoms with E-state index in [0.29, 0.717) is 17.1 Å². The number of ketones is 1. The quantitative estimate of drug-likeness (QED) is 0.450. The third-order valence-corrected chi connectivity index (χ3v) is 4.80. The van der Waals surface area contributed by atoms with Gasteiger partial charge in [-0.3, -0.25) is 4.79 Å². The number of methoxy groups -OCH3 is 1. The summed E-state index contributed by atoms with van der Waals surface area (Å²) in [4.78, 5) is 24.2. The molecule has 5 nitrogen and oxygen atoms in total. The molecule has 0 spiro atoms. The first-order valence-electron chi connectivity index (χ1n) is 9.53. The second-order valence-corrected chi connectivity index (χ2v) is 6.87. The first-order chi connectivity index (χ1) is 14.5. The summed E-state index contributed by atoms with van der Waals surface area (Å²) in [7, 11) is 1.30. The lowest BCUT2D eigenvalue weighted by Gasteiger charge is -2.12. The zero-order chi connectivity index (χ0) is 21.1. The SMILES string of the molecule is COC(=O)C(C)Oc1ccc2c(c1)OC(=Cc1ccc(-c3ccccc3)cc1)C2=O. The fourth-order valence-electron chi connectivity index (χ4n) is 3.21. The number of hydrogen-bond acceptors (Lipinski definition) is 5. The van der Waals surface area contributed by atoms with Crippen molar-refractivity contribution in [2.24, 2.45) is 0 Å². The van der Waals surface area contributed by atoms with Crippen LogP contribution < -0.4 is 9.47 Å². The van der Waals surface area contributed by atoms with Gasteiger partial charge in [0, 0.05) is 6.07 Å². The zero-order valence-corrected chi connectivity index (χ0v) is 16.6. The van der Waals surface area contributed by atoms with Gasteiger partial charge in [-0.05, 0) is 41.8 Å². The van der Waals surface area contributed by atoms with Crippen LogP contribution in [0.5, 0.6) is 11.5 Å². The lowest BCUT2D eigenvalue weighted by atomic mass is 10.0. The van der Waals surface area contributed by atoms with Crippen LogP contribution in [-0.4, -0.2) is 25.0 Å². The van der Waals surface area contributed by atoms with Crippen LogP contribution in [0.4, 0.5) is 0 Å². The first-order valence-corrected chi connectivity index (χ1v) is 9.53. The van der Waals surface area contributed by atoms with Gasteiger partial charge in [0.1, 0.15) is 11.5 Å². The first kappa shape index (κ1) is 19.5. The van der Waals surface area contributed by atoms with E-state index in [9.17, 15) is 9.59 Å². The second kappa shape index (κ2) is 8.25. The van der Waals surface area contributed by atoms with Crippen molar-refractivity contribution in [1.82, 2.24) is 0 Å². The highest BCUT2D eigenvalue weighted by Gasteiger charge is 2.28. The summed E-state index contributed by atoms with van der Waals surface area (Å²) < 4.78 is 16.0. The minimum Gasteiger partial charge on any atom is -0.479 e. The summed E-state index contributed by atoms with van der Waals surface area (Å²) in [6, 6.07) is 22.9. The number of Topliss-reactive ketones (excluding diaryl/α,β-unsaturated/α-hetero) is 1. The van der Waals surface area contributed by atoms with Crippen LogP contribution in [0.25, 0.3) is 17.2 Å². The molecule has 1 unspecified atom stereocenters. The molecule has 1 aliphatic heterocycles. The molecule has 3 aromatic carbocycles. The van der Waals surface area contributed by atoms with Crippen LogP contribution in [-0.2, 0) is 9.53 Å². The van der Waals surface area contributed by atoms with Gasteiger partial charge < -0.3 is 14.2 Å². The number of fused-ring (bicyclic) bond motifs is 1. The van der Waals surface area contributed by atoms with Crippen molar-refractivity contribution in [1.29, 1.82) is 0 Å². The summed E-state index contributed by atoms with van der Waals surface area (Å²) >= 11 is 0. The second-order valence-electron chi connectivity index (χ2n) is 6.87. The standard InChI is InChI=1S/C25H20O5/c1-16(25(27)28-2)29-20-12-13-21-22(15-20)30-23(24(21)26)14-17-8-10-19(11-9-17)18-6-4-3-5-7-18/h3-16H,1-2H3. The smallest absolute Gasteiger partial charge is 0.346 e. The van der Waals surface area contributed by atoms with Crippen LogP contribution in [0.15, 0.2) is 78.6 Å². The fraction of sp³-hybridized carbons (Fsp3) is 0.120. The van der Waals surface area contributed by atoms with E-state index in [1.54, 1.807) is 31.2 Å². The van der Waals surface area contributed by atoms with E-state index in [2.05, 4.69) is 16.9 Å². The molecular weight excluding hydrogens is 380 g/mol. The number of carbonyl (C=O) groups excluding carboxylic acids is 2. The monoisotopic (exact) mass is 400 g/mol. The summed E-state index contributed by atoms with van der Waals surface area (Å²) in [5, 5.41) is 0. The van der Waals surface area contributed by atoms with Gasteiger partial charge in [0.05, 0.1) is 12.7 Å². The topological polar surface area (TPSA) is 61.8 Å². The van der Waals surface area contributed by atoms with E-state index >= 15 is 0 Å². The van der Waals surface area contributed by atoms with E-state index in [1.807, 2.05) is 42.5 Å². The highest BCUT2D eigenvalue weighted by atomic mass is 16.6. The molecule has 1 atom stereocenters. The third-order valence-electron chi connectivity index (χ3n) is 4.80. The number of allylic oxidation sites excluding steroid dienone is 1.